The van der Waals surface area contributed by atoms with Crippen molar-refractivity contribution in [3.05, 3.63) is 23.5 Å². The molecule has 0 aliphatic heterocycles. The van der Waals surface area contributed by atoms with E-state index in [9.17, 15) is 5.11 Å². The lowest BCUT2D eigenvalue weighted by Gasteiger charge is -2.35. The fraction of sp³-hybridized carbons (Fsp3) is 0.778. The Morgan fingerprint density at radius 2 is 2.05 bits per heavy atom. The van der Waals surface area contributed by atoms with Crippen LogP contribution < -0.4 is 0 Å². The fourth-order valence-corrected chi connectivity index (χ4v) is 3.69. The number of aromatic nitrogens is 1. The van der Waals surface area contributed by atoms with Gasteiger partial charge in [0.2, 0.25) is 0 Å². The summed E-state index contributed by atoms with van der Waals surface area (Å²) < 4.78 is 2.48. The molecule has 2 nitrogen and oxygen atoms in total. The van der Waals surface area contributed by atoms with Gasteiger partial charge in [0.1, 0.15) is 0 Å². The van der Waals surface area contributed by atoms with Gasteiger partial charge >= 0.3 is 0 Å². The Morgan fingerprint density at radius 1 is 1.30 bits per heavy atom. The number of aliphatic hydroxyl groups excluding tert-OH is 1. The normalized spacial score (nSPS) is 22.6. The van der Waals surface area contributed by atoms with Crippen molar-refractivity contribution in [1.29, 1.82) is 0 Å². The van der Waals surface area contributed by atoms with Gasteiger partial charge in [-0.15, -0.1) is 0 Å². The third kappa shape index (κ3) is 3.28. The number of hydrogen-bond acceptors (Lipinski definition) is 1. The van der Waals surface area contributed by atoms with E-state index in [1.807, 2.05) is 0 Å². The van der Waals surface area contributed by atoms with E-state index >= 15 is 0 Å². The number of hydrogen-bond donors (Lipinski definition) is 1. The number of fused-ring (bicyclic) bond motifs is 1. The smallest absolute Gasteiger partial charge is 0.0812 e. The lowest BCUT2D eigenvalue weighted by Crippen LogP contribution is -2.27. The van der Waals surface area contributed by atoms with Crippen LogP contribution in [0.1, 0.15) is 89.6 Å². The van der Waals surface area contributed by atoms with Gasteiger partial charge < -0.3 is 9.67 Å². The van der Waals surface area contributed by atoms with Crippen LogP contribution in [0.25, 0.3) is 0 Å². The Kier molecular flexibility index (Phi) is 4.95. The van der Waals surface area contributed by atoms with Crippen LogP contribution in [0, 0.1) is 5.41 Å². The highest BCUT2D eigenvalue weighted by Gasteiger charge is 2.34. The predicted octanol–water partition coefficient (Wildman–Crippen LogP) is 5.03. The summed E-state index contributed by atoms with van der Waals surface area (Å²) in [6.45, 7) is 9.09. The average molecular weight is 277 g/mol. The number of nitrogens with zero attached hydrogens (tertiary/aromatic N) is 1. The van der Waals surface area contributed by atoms with E-state index in [1.54, 1.807) is 0 Å². The molecule has 2 heteroatoms. The lowest BCUT2D eigenvalue weighted by molar-refractivity contribution is 0.0972. The first-order valence-electron chi connectivity index (χ1n) is 8.36. The molecule has 20 heavy (non-hydrogen) atoms. The fourth-order valence-electron chi connectivity index (χ4n) is 3.69. The van der Waals surface area contributed by atoms with Crippen LogP contribution in [0.5, 0.6) is 0 Å². The number of rotatable bonds is 6. The monoisotopic (exact) mass is 277 g/mol. The van der Waals surface area contributed by atoms with Crippen LogP contribution in [0.2, 0.25) is 0 Å². The zero-order chi connectivity index (χ0) is 14.8. The van der Waals surface area contributed by atoms with Gasteiger partial charge in [0, 0.05) is 23.5 Å². The van der Waals surface area contributed by atoms with Crippen molar-refractivity contribution in [2.45, 2.75) is 84.8 Å². The minimum Gasteiger partial charge on any atom is -0.388 e. The highest BCUT2D eigenvalue weighted by Crippen LogP contribution is 2.42. The Labute approximate surface area is 124 Å². The van der Waals surface area contributed by atoms with Crippen molar-refractivity contribution in [2.75, 3.05) is 0 Å². The first-order chi connectivity index (χ1) is 9.48. The molecule has 0 saturated carbocycles. The van der Waals surface area contributed by atoms with E-state index in [0.717, 1.165) is 12.8 Å². The molecule has 2 unspecified atom stereocenters. The molecule has 1 heterocycles. The first kappa shape index (κ1) is 15.6. The molecular weight excluding hydrogens is 246 g/mol. The van der Waals surface area contributed by atoms with Crippen LogP contribution in [0.15, 0.2) is 12.3 Å². The zero-order valence-electron chi connectivity index (χ0n) is 13.7. The summed E-state index contributed by atoms with van der Waals surface area (Å²) >= 11 is 0. The van der Waals surface area contributed by atoms with Crippen LogP contribution in [0.4, 0.5) is 0 Å². The van der Waals surface area contributed by atoms with Crippen LogP contribution >= 0.6 is 0 Å². The summed E-state index contributed by atoms with van der Waals surface area (Å²) in [5.41, 5.74) is 2.79. The quantitative estimate of drug-likeness (QED) is 0.775. The van der Waals surface area contributed by atoms with Gasteiger partial charge in [-0.2, -0.15) is 0 Å². The summed E-state index contributed by atoms with van der Waals surface area (Å²) in [4.78, 5) is 0. The molecule has 2 atom stereocenters. The molecule has 0 aromatic carbocycles. The maximum absolute atomic E-state index is 10.4. The van der Waals surface area contributed by atoms with Gasteiger partial charge in [-0.1, -0.05) is 47.0 Å². The van der Waals surface area contributed by atoms with Gasteiger partial charge in [0.25, 0.3) is 0 Å². The molecule has 114 valence electrons. The Balaban J connectivity index is 2.28. The van der Waals surface area contributed by atoms with E-state index in [1.165, 1.54) is 43.4 Å². The average Bonchev–Trinajstić information content (AvgIpc) is 2.76. The van der Waals surface area contributed by atoms with E-state index in [2.05, 4.69) is 44.5 Å². The Hall–Kier alpha value is -0.760. The van der Waals surface area contributed by atoms with E-state index in [0.29, 0.717) is 6.04 Å². The SMILES string of the molecule is CCCCC(CCC)n1ccc2c1CC(C)(C)CC2O. The molecule has 2 rings (SSSR count). The molecular formula is C18H31NO. The van der Waals surface area contributed by atoms with Crippen LogP contribution in [-0.4, -0.2) is 9.67 Å². The summed E-state index contributed by atoms with van der Waals surface area (Å²) in [6.07, 6.45) is 10.2. The molecule has 0 bridgehead atoms. The van der Waals surface area contributed by atoms with Crippen molar-refractivity contribution >= 4 is 0 Å². The van der Waals surface area contributed by atoms with E-state index < -0.39 is 0 Å². The largest absolute Gasteiger partial charge is 0.388 e. The highest BCUT2D eigenvalue weighted by atomic mass is 16.3. The summed E-state index contributed by atoms with van der Waals surface area (Å²) in [5, 5.41) is 10.4. The first-order valence-corrected chi connectivity index (χ1v) is 8.36. The molecule has 0 amide bonds. The van der Waals surface area contributed by atoms with Crippen molar-refractivity contribution < 1.29 is 5.11 Å². The molecule has 1 aromatic rings. The predicted molar refractivity (Wildman–Crippen MR) is 85.0 cm³/mol. The van der Waals surface area contributed by atoms with Gasteiger partial charge in [-0.25, -0.2) is 0 Å². The van der Waals surface area contributed by atoms with E-state index in [-0.39, 0.29) is 11.5 Å². The summed E-state index contributed by atoms with van der Waals surface area (Å²) in [6, 6.07) is 2.77. The second kappa shape index (κ2) is 6.34. The Morgan fingerprint density at radius 3 is 2.70 bits per heavy atom. The molecule has 1 aliphatic rings. The minimum atomic E-state index is -0.275. The molecule has 1 N–H and O–H groups in total. The molecule has 1 aromatic heterocycles. The van der Waals surface area contributed by atoms with Crippen molar-refractivity contribution in [3.63, 3.8) is 0 Å². The number of unbranched alkanes of at least 4 members (excludes halogenated alkanes) is 1. The van der Waals surface area contributed by atoms with Crippen molar-refractivity contribution in [2.24, 2.45) is 5.41 Å². The third-order valence-corrected chi connectivity index (χ3v) is 4.72. The van der Waals surface area contributed by atoms with E-state index in [4.69, 9.17) is 0 Å². The van der Waals surface area contributed by atoms with Crippen molar-refractivity contribution in [1.82, 2.24) is 4.57 Å². The molecule has 0 saturated heterocycles. The standard InChI is InChI=1S/C18H31NO/c1-5-7-9-14(8-6-2)19-11-10-15-16(19)12-18(3,4)13-17(15)20/h10-11,14,17,20H,5-9,12-13H2,1-4H3. The second-order valence-corrected chi connectivity index (χ2v) is 7.27. The van der Waals surface area contributed by atoms with Gasteiger partial charge in [0.05, 0.1) is 6.10 Å². The van der Waals surface area contributed by atoms with Crippen molar-refractivity contribution in [3.8, 4) is 0 Å². The van der Waals surface area contributed by atoms with Gasteiger partial charge in [-0.3, -0.25) is 0 Å². The molecule has 1 aliphatic carbocycles. The van der Waals surface area contributed by atoms with Gasteiger partial charge in [-0.05, 0) is 37.2 Å². The highest BCUT2D eigenvalue weighted by molar-refractivity contribution is 5.29. The minimum absolute atomic E-state index is 0.212. The van der Waals surface area contributed by atoms with Gasteiger partial charge in [0.15, 0.2) is 0 Å². The molecule has 0 radical (unpaired) electrons. The molecule has 0 fully saturated rings. The summed E-state index contributed by atoms with van der Waals surface area (Å²) in [5.74, 6) is 0. The van der Waals surface area contributed by atoms with Crippen LogP contribution in [-0.2, 0) is 6.42 Å². The zero-order valence-corrected chi connectivity index (χ0v) is 13.7. The lowest BCUT2D eigenvalue weighted by atomic mass is 9.75. The third-order valence-electron chi connectivity index (χ3n) is 4.72. The maximum atomic E-state index is 10.4. The molecule has 0 spiro atoms. The number of aliphatic hydroxyl groups is 1. The van der Waals surface area contributed by atoms with Crippen LogP contribution in [0.3, 0.4) is 0 Å². The second-order valence-electron chi connectivity index (χ2n) is 7.27. The topological polar surface area (TPSA) is 25.2 Å². The summed E-state index contributed by atoms with van der Waals surface area (Å²) in [7, 11) is 0. The Bertz CT molecular complexity index is 433. The maximum Gasteiger partial charge on any atom is 0.0812 e.